The minimum absolute atomic E-state index is 0.0000234. The van der Waals surface area contributed by atoms with Crippen LogP contribution in [0.5, 0.6) is 11.5 Å². The second-order valence-electron chi connectivity index (χ2n) is 5.55. The van der Waals surface area contributed by atoms with Gasteiger partial charge in [0.05, 0.1) is 12.8 Å². The summed E-state index contributed by atoms with van der Waals surface area (Å²) in [5.74, 6) is 0.166. The summed E-state index contributed by atoms with van der Waals surface area (Å²) in [7, 11) is 1.52. The van der Waals surface area contributed by atoms with E-state index >= 15 is 0 Å². The summed E-state index contributed by atoms with van der Waals surface area (Å²) in [5.41, 5.74) is 13.1. The van der Waals surface area contributed by atoms with Gasteiger partial charge in [0.25, 0.3) is 0 Å². The Labute approximate surface area is 155 Å². The van der Waals surface area contributed by atoms with Gasteiger partial charge in [-0.15, -0.1) is 0 Å². The van der Waals surface area contributed by atoms with Gasteiger partial charge in [0.1, 0.15) is 29.8 Å². The third-order valence-corrected chi connectivity index (χ3v) is 3.84. The lowest BCUT2D eigenvalue weighted by Gasteiger charge is -2.13. The third kappa shape index (κ3) is 3.72. The van der Waals surface area contributed by atoms with Crippen LogP contribution in [-0.4, -0.2) is 17.1 Å². The maximum absolute atomic E-state index is 13.8. The Hall–Kier alpha value is -3.86. The molecule has 0 saturated heterocycles. The molecule has 0 aliphatic rings. The van der Waals surface area contributed by atoms with E-state index in [4.69, 9.17) is 20.9 Å². The fraction of sp³-hybridized carbons (Fsp3) is 0.105. The van der Waals surface area contributed by atoms with Crippen LogP contribution in [0.15, 0.2) is 42.5 Å². The van der Waals surface area contributed by atoms with Gasteiger partial charge < -0.3 is 20.9 Å². The normalized spacial score (nSPS) is 10.3. The molecule has 0 bridgehead atoms. The van der Waals surface area contributed by atoms with Gasteiger partial charge in [-0.3, -0.25) is 0 Å². The predicted molar refractivity (Wildman–Crippen MR) is 98.3 cm³/mol. The van der Waals surface area contributed by atoms with Gasteiger partial charge in [-0.25, -0.2) is 9.37 Å². The number of nitrogens with zero attached hydrogens (tertiary/aromatic N) is 3. The van der Waals surface area contributed by atoms with Crippen LogP contribution < -0.4 is 20.9 Å². The fourth-order valence-corrected chi connectivity index (χ4v) is 2.57. The average molecular weight is 365 g/mol. The van der Waals surface area contributed by atoms with Crippen molar-refractivity contribution in [2.75, 3.05) is 18.6 Å². The van der Waals surface area contributed by atoms with Crippen molar-refractivity contribution < 1.29 is 13.9 Å². The SMILES string of the molecule is COc1ccc(-c2nc(N)nc(N)c2C#N)cc1COc1ccccc1F. The number of para-hydroxylation sites is 1. The van der Waals surface area contributed by atoms with Crippen molar-refractivity contribution in [3.8, 4) is 28.8 Å². The van der Waals surface area contributed by atoms with E-state index < -0.39 is 5.82 Å². The van der Waals surface area contributed by atoms with Crippen molar-refractivity contribution in [2.24, 2.45) is 0 Å². The van der Waals surface area contributed by atoms with Crippen molar-refractivity contribution >= 4 is 11.8 Å². The Bertz CT molecular complexity index is 1030. The Morgan fingerprint density at radius 3 is 2.59 bits per heavy atom. The highest BCUT2D eigenvalue weighted by Gasteiger charge is 2.15. The summed E-state index contributed by atoms with van der Waals surface area (Å²) >= 11 is 0. The molecule has 8 heteroatoms. The second-order valence-corrected chi connectivity index (χ2v) is 5.55. The molecular weight excluding hydrogens is 349 g/mol. The number of anilines is 2. The molecule has 3 rings (SSSR count). The zero-order valence-corrected chi connectivity index (χ0v) is 14.4. The zero-order chi connectivity index (χ0) is 19.4. The first-order chi connectivity index (χ1) is 13.0. The van der Waals surface area contributed by atoms with Crippen LogP contribution in [0, 0.1) is 17.1 Å². The molecule has 136 valence electrons. The maximum atomic E-state index is 13.8. The van der Waals surface area contributed by atoms with E-state index in [9.17, 15) is 9.65 Å². The van der Waals surface area contributed by atoms with Crippen molar-refractivity contribution in [1.29, 1.82) is 5.26 Å². The van der Waals surface area contributed by atoms with Gasteiger partial charge >= 0.3 is 0 Å². The van der Waals surface area contributed by atoms with Crippen LogP contribution in [0.3, 0.4) is 0 Å². The molecule has 1 heterocycles. The molecule has 0 aliphatic carbocycles. The topological polar surface area (TPSA) is 120 Å². The highest BCUT2D eigenvalue weighted by atomic mass is 19.1. The quantitative estimate of drug-likeness (QED) is 0.713. The number of hydrogen-bond acceptors (Lipinski definition) is 7. The van der Waals surface area contributed by atoms with Crippen molar-refractivity contribution in [1.82, 2.24) is 9.97 Å². The van der Waals surface area contributed by atoms with Crippen LogP contribution >= 0.6 is 0 Å². The molecule has 3 aromatic rings. The fourth-order valence-electron chi connectivity index (χ4n) is 2.57. The number of nitrogen functional groups attached to an aromatic ring is 2. The monoisotopic (exact) mass is 365 g/mol. The summed E-state index contributed by atoms with van der Waals surface area (Å²) < 4.78 is 24.7. The molecule has 2 aromatic carbocycles. The number of hydrogen-bond donors (Lipinski definition) is 2. The van der Waals surface area contributed by atoms with E-state index in [0.717, 1.165) is 0 Å². The minimum atomic E-state index is -0.462. The highest BCUT2D eigenvalue weighted by molar-refractivity contribution is 5.74. The number of nitrogens with two attached hydrogens (primary N) is 2. The predicted octanol–water partition coefficient (Wildman–Crippen LogP) is 2.91. The minimum Gasteiger partial charge on any atom is -0.496 e. The largest absolute Gasteiger partial charge is 0.496 e. The van der Waals surface area contributed by atoms with Gasteiger partial charge in [0, 0.05) is 11.1 Å². The van der Waals surface area contributed by atoms with Gasteiger partial charge in [-0.1, -0.05) is 12.1 Å². The maximum Gasteiger partial charge on any atom is 0.222 e. The van der Waals surface area contributed by atoms with E-state index in [1.54, 1.807) is 30.3 Å². The first kappa shape index (κ1) is 17.9. The molecule has 0 unspecified atom stereocenters. The number of ether oxygens (including phenoxy) is 2. The molecule has 0 fully saturated rings. The summed E-state index contributed by atoms with van der Waals surface area (Å²) in [5, 5.41) is 9.36. The summed E-state index contributed by atoms with van der Waals surface area (Å²) in [6.45, 7) is 0.0515. The summed E-state index contributed by atoms with van der Waals surface area (Å²) in [6, 6.07) is 13.2. The van der Waals surface area contributed by atoms with Crippen molar-refractivity contribution in [3.05, 3.63) is 59.4 Å². The summed E-state index contributed by atoms with van der Waals surface area (Å²) in [4.78, 5) is 7.93. The van der Waals surface area contributed by atoms with E-state index in [0.29, 0.717) is 22.6 Å². The van der Waals surface area contributed by atoms with Gasteiger partial charge in [-0.2, -0.15) is 10.2 Å². The van der Waals surface area contributed by atoms with E-state index in [2.05, 4.69) is 9.97 Å². The molecule has 0 saturated carbocycles. The van der Waals surface area contributed by atoms with Crippen molar-refractivity contribution in [3.63, 3.8) is 0 Å². The molecule has 0 aliphatic heterocycles. The second kappa shape index (κ2) is 7.58. The Kier molecular flexibility index (Phi) is 5.04. The van der Waals surface area contributed by atoms with Crippen molar-refractivity contribution in [2.45, 2.75) is 6.61 Å². The summed E-state index contributed by atoms with van der Waals surface area (Å²) in [6.07, 6.45) is 0. The van der Waals surface area contributed by atoms with Crippen LogP contribution in [0.4, 0.5) is 16.2 Å². The molecule has 27 heavy (non-hydrogen) atoms. The third-order valence-electron chi connectivity index (χ3n) is 3.84. The Morgan fingerprint density at radius 2 is 1.89 bits per heavy atom. The zero-order valence-electron chi connectivity index (χ0n) is 14.4. The molecule has 0 atom stereocenters. The van der Waals surface area contributed by atoms with E-state index in [1.807, 2.05) is 6.07 Å². The lowest BCUT2D eigenvalue weighted by Crippen LogP contribution is -2.06. The lowest BCUT2D eigenvalue weighted by atomic mass is 10.0. The van der Waals surface area contributed by atoms with E-state index in [-0.39, 0.29) is 29.7 Å². The first-order valence-electron chi connectivity index (χ1n) is 7.91. The standard InChI is InChI=1S/C19H16FN5O2/c1-26-15-7-6-11(17-13(9-21)18(22)25-19(23)24-17)8-12(15)10-27-16-5-3-2-4-14(16)20/h2-8H,10H2,1H3,(H4,22,23,24,25). The van der Waals surface area contributed by atoms with Gasteiger partial charge in [0.2, 0.25) is 5.95 Å². The molecule has 0 amide bonds. The number of methoxy groups -OCH3 is 1. The van der Waals surface area contributed by atoms with Crippen LogP contribution in [-0.2, 0) is 6.61 Å². The molecule has 0 spiro atoms. The first-order valence-corrected chi connectivity index (χ1v) is 7.91. The number of aromatic nitrogens is 2. The van der Waals surface area contributed by atoms with Gasteiger partial charge in [-0.05, 0) is 30.3 Å². The number of rotatable bonds is 5. The molecule has 4 N–H and O–H groups in total. The lowest BCUT2D eigenvalue weighted by molar-refractivity contribution is 0.282. The number of halogens is 1. The smallest absolute Gasteiger partial charge is 0.222 e. The molecule has 7 nitrogen and oxygen atoms in total. The molecular formula is C19H16FN5O2. The van der Waals surface area contributed by atoms with E-state index in [1.165, 1.54) is 19.2 Å². The van der Waals surface area contributed by atoms with Gasteiger partial charge in [0.15, 0.2) is 11.6 Å². The van der Waals surface area contributed by atoms with Crippen LogP contribution in [0.1, 0.15) is 11.1 Å². The number of nitriles is 1. The molecule has 0 radical (unpaired) electrons. The molecule has 1 aromatic heterocycles. The Balaban J connectivity index is 2.00. The Morgan fingerprint density at radius 1 is 1.11 bits per heavy atom. The van der Waals surface area contributed by atoms with Crippen LogP contribution in [0.2, 0.25) is 0 Å². The number of benzene rings is 2. The average Bonchev–Trinajstić information content (AvgIpc) is 2.66. The highest BCUT2D eigenvalue weighted by Crippen LogP contribution is 2.30. The van der Waals surface area contributed by atoms with Crippen LogP contribution in [0.25, 0.3) is 11.3 Å².